The fraction of sp³-hybridized carbons (Fsp3) is 0.600. The molecule has 0 radical (unpaired) electrons. The van der Waals surface area contributed by atoms with E-state index >= 15 is 0 Å². The summed E-state index contributed by atoms with van der Waals surface area (Å²) in [6.07, 6.45) is 5.61. The Kier molecular flexibility index (Phi) is 3.58. The topological polar surface area (TPSA) is 18.5 Å². The van der Waals surface area contributed by atoms with Crippen LogP contribution in [0.25, 0.3) is 0 Å². The van der Waals surface area contributed by atoms with E-state index < -0.39 is 11.6 Å². The molecule has 19 heavy (non-hydrogen) atoms. The summed E-state index contributed by atoms with van der Waals surface area (Å²) in [4.78, 5) is 0. The molecule has 2 saturated carbocycles. The Balaban J connectivity index is 1.58. The summed E-state index contributed by atoms with van der Waals surface area (Å²) in [5.74, 6) is -0.685. The van der Waals surface area contributed by atoms with Crippen molar-refractivity contribution in [1.29, 1.82) is 0 Å². The van der Waals surface area contributed by atoms with Crippen LogP contribution in [0.4, 0.5) is 8.78 Å². The largest absolute Gasteiger partial charge is 0.490 e. The Morgan fingerprint density at radius 1 is 0.895 bits per heavy atom. The predicted molar refractivity (Wildman–Crippen MR) is 67.4 cm³/mol. The minimum absolute atomic E-state index is 0.0149. The summed E-state index contributed by atoms with van der Waals surface area (Å²) in [5.41, 5.74) is 0. The lowest BCUT2D eigenvalue weighted by molar-refractivity contribution is 0.263. The van der Waals surface area contributed by atoms with Crippen LogP contribution in [0.3, 0.4) is 0 Å². The van der Waals surface area contributed by atoms with E-state index in [1.807, 2.05) is 0 Å². The van der Waals surface area contributed by atoms with Gasteiger partial charge in [-0.15, -0.1) is 0 Å². The van der Waals surface area contributed by atoms with Gasteiger partial charge in [0.25, 0.3) is 0 Å². The maximum Gasteiger partial charge on any atom is 0.204 e. The van der Waals surface area contributed by atoms with Gasteiger partial charge in [-0.2, -0.15) is 8.78 Å². The second kappa shape index (κ2) is 5.35. The first-order valence-electron chi connectivity index (χ1n) is 6.97. The van der Waals surface area contributed by atoms with Crippen LogP contribution < -0.4 is 9.47 Å². The van der Waals surface area contributed by atoms with Gasteiger partial charge in [0.2, 0.25) is 11.6 Å². The number of hydrogen-bond donors (Lipinski definition) is 0. The molecule has 2 aliphatic carbocycles. The Hall–Kier alpha value is -1.32. The second-order valence-corrected chi connectivity index (χ2v) is 5.52. The molecule has 0 heterocycles. The number of ether oxygens (including phenoxy) is 2. The molecule has 0 amide bonds. The van der Waals surface area contributed by atoms with Crippen molar-refractivity contribution in [3.63, 3.8) is 0 Å². The van der Waals surface area contributed by atoms with Crippen LogP contribution in [0, 0.1) is 23.5 Å². The zero-order valence-electron chi connectivity index (χ0n) is 10.8. The van der Waals surface area contributed by atoms with Crippen LogP contribution in [-0.2, 0) is 0 Å². The quantitative estimate of drug-likeness (QED) is 0.746. The van der Waals surface area contributed by atoms with Gasteiger partial charge in [-0.25, -0.2) is 0 Å². The summed E-state index contributed by atoms with van der Waals surface area (Å²) in [5, 5.41) is 0. The predicted octanol–water partition coefficient (Wildman–Crippen LogP) is 3.93. The third-order valence-electron chi connectivity index (χ3n) is 3.66. The lowest BCUT2D eigenvalue weighted by Crippen LogP contribution is -2.05. The Morgan fingerprint density at radius 2 is 1.47 bits per heavy atom. The summed E-state index contributed by atoms with van der Waals surface area (Å²) < 4.78 is 38.1. The van der Waals surface area contributed by atoms with Crippen LogP contribution in [0.1, 0.15) is 32.1 Å². The number of halogens is 2. The van der Waals surface area contributed by atoms with Crippen molar-refractivity contribution in [2.75, 3.05) is 13.2 Å². The second-order valence-electron chi connectivity index (χ2n) is 5.52. The molecule has 0 unspecified atom stereocenters. The fourth-order valence-corrected chi connectivity index (χ4v) is 1.97. The third kappa shape index (κ3) is 3.37. The maximum atomic E-state index is 13.8. The Morgan fingerprint density at radius 3 is 2.05 bits per heavy atom. The van der Waals surface area contributed by atoms with Gasteiger partial charge in [0, 0.05) is 0 Å². The maximum absolute atomic E-state index is 13.8. The standard InChI is InChI=1S/C15H18F2O2/c16-14-12(18-8-7-10-1-2-10)5-6-13(15(14)17)19-9-11-3-4-11/h5-6,10-11H,1-4,7-9H2. The highest BCUT2D eigenvalue weighted by Gasteiger charge is 2.24. The number of hydrogen-bond acceptors (Lipinski definition) is 2. The first-order valence-corrected chi connectivity index (χ1v) is 6.97. The van der Waals surface area contributed by atoms with E-state index in [-0.39, 0.29) is 11.5 Å². The van der Waals surface area contributed by atoms with E-state index in [1.54, 1.807) is 0 Å². The molecule has 2 aliphatic rings. The molecule has 2 nitrogen and oxygen atoms in total. The van der Waals surface area contributed by atoms with E-state index in [4.69, 9.17) is 9.47 Å². The van der Waals surface area contributed by atoms with Crippen molar-refractivity contribution in [2.24, 2.45) is 11.8 Å². The fourth-order valence-electron chi connectivity index (χ4n) is 1.97. The molecule has 0 saturated heterocycles. The molecule has 0 spiro atoms. The van der Waals surface area contributed by atoms with Crippen molar-refractivity contribution in [1.82, 2.24) is 0 Å². The average molecular weight is 268 g/mol. The third-order valence-corrected chi connectivity index (χ3v) is 3.66. The molecule has 1 aromatic carbocycles. The first kappa shape index (κ1) is 12.7. The molecular formula is C15H18F2O2. The van der Waals surface area contributed by atoms with Crippen LogP contribution in [-0.4, -0.2) is 13.2 Å². The molecule has 0 atom stereocenters. The zero-order valence-corrected chi connectivity index (χ0v) is 10.8. The average Bonchev–Trinajstić information content (AvgIpc) is 3.26. The molecule has 3 rings (SSSR count). The molecule has 0 bridgehead atoms. The highest BCUT2D eigenvalue weighted by atomic mass is 19.2. The summed E-state index contributed by atoms with van der Waals surface area (Å²) >= 11 is 0. The van der Waals surface area contributed by atoms with Gasteiger partial charge >= 0.3 is 0 Å². The van der Waals surface area contributed by atoms with Crippen molar-refractivity contribution in [3.05, 3.63) is 23.8 Å². The van der Waals surface area contributed by atoms with Crippen molar-refractivity contribution in [3.8, 4) is 11.5 Å². The smallest absolute Gasteiger partial charge is 0.204 e. The van der Waals surface area contributed by atoms with Gasteiger partial charge in [-0.3, -0.25) is 0 Å². The van der Waals surface area contributed by atoms with Crippen molar-refractivity contribution < 1.29 is 18.3 Å². The first-order chi connectivity index (χ1) is 9.24. The summed E-state index contributed by atoms with van der Waals surface area (Å²) in [7, 11) is 0. The monoisotopic (exact) mass is 268 g/mol. The summed E-state index contributed by atoms with van der Waals surface area (Å²) in [6, 6.07) is 2.90. The molecule has 0 aliphatic heterocycles. The molecule has 1 aromatic rings. The zero-order chi connectivity index (χ0) is 13.2. The summed E-state index contributed by atoms with van der Waals surface area (Å²) in [6.45, 7) is 0.918. The molecule has 104 valence electrons. The van der Waals surface area contributed by atoms with Gasteiger partial charge in [0.05, 0.1) is 13.2 Å². The lowest BCUT2D eigenvalue weighted by atomic mass is 10.3. The molecule has 4 heteroatoms. The SMILES string of the molecule is Fc1c(OCCC2CC2)ccc(OCC2CC2)c1F. The van der Waals surface area contributed by atoms with E-state index in [0.29, 0.717) is 25.0 Å². The molecular weight excluding hydrogens is 250 g/mol. The number of rotatable bonds is 7. The van der Waals surface area contributed by atoms with E-state index in [0.717, 1.165) is 19.3 Å². The van der Waals surface area contributed by atoms with Gasteiger partial charge < -0.3 is 9.47 Å². The number of benzene rings is 1. The minimum Gasteiger partial charge on any atom is -0.490 e. The highest BCUT2D eigenvalue weighted by molar-refractivity contribution is 5.35. The van der Waals surface area contributed by atoms with Crippen molar-refractivity contribution >= 4 is 0 Å². The van der Waals surface area contributed by atoms with Crippen LogP contribution in [0.5, 0.6) is 11.5 Å². The van der Waals surface area contributed by atoms with Crippen LogP contribution in [0.15, 0.2) is 12.1 Å². The molecule has 2 fully saturated rings. The Labute approximate surface area is 111 Å². The Bertz CT molecular complexity index is 454. The van der Waals surface area contributed by atoms with E-state index in [9.17, 15) is 8.78 Å². The molecule has 0 aromatic heterocycles. The van der Waals surface area contributed by atoms with Gasteiger partial charge in [-0.05, 0) is 43.2 Å². The van der Waals surface area contributed by atoms with Crippen LogP contribution >= 0.6 is 0 Å². The van der Waals surface area contributed by atoms with E-state index in [2.05, 4.69) is 0 Å². The van der Waals surface area contributed by atoms with Gasteiger partial charge in [0.15, 0.2) is 11.5 Å². The van der Waals surface area contributed by atoms with Crippen molar-refractivity contribution in [2.45, 2.75) is 32.1 Å². The van der Waals surface area contributed by atoms with E-state index in [1.165, 1.54) is 25.0 Å². The molecule has 0 N–H and O–H groups in total. The highest BCUT2D eigenvalue weighted by Crippen LogP contribution is 2.34. The van der Waals surface area contributed by atoms with Gasteiger partial charge in [0.1, 0.15) is 0 Å². The van der Waals surface area contributed by atoms with Gasteiger partial charge in [-0.1, -0.05) is 12.8 Å². The minimum atomic E-state index is -0.941. The lowest BCUT2D eigenvalue weighted by Gasteiger charge is -2.11. The van der Waals surface area contributed by atoms with Crippen LogP contribution in [0.2, 0.25) is 0 Å². The normalized spacial score (nSPS) is 18.4.